The first-order valence-electron chi connectivity index (χ1n) is 5.09. The number of hydrogen-bond donors (Lipinski definition) is 3. The second kappa shape index (κ2) is 4.46. The molecule has 1 aliphatic carbocycles. The van der Waals surface area contributed by atoms with Crippen LogP contribution in [0.3, 0.4) is 0 Å². The fraction of sp³-hybridized carbons (Fsp3) is 0.889. The van der Waals surface area contributed by atoms with Crippen LogP contribution in [-0.4, -0.2) is 52.4 Å². The van der Waals surface area contributed by atoms with Gasteiger partial charge >= 0.3 is 0 Å². The molecular formula is C9H14F2N2O2S. The van der Waals surface area contributed by atoms with Gasteiger partial charge < -0.3 is 15.5 Å². The van der Waals surface area contributed by atoms with Crippen molar-refractivity contribution in [1.29, 1.82) is 0 Å². The van der Waals surface area contributed by atoms with Crippen LogP contribution in [0.4, 0.5) is 8.78 Å². The quantitative estimate of drug-likeness (QED) is 0.617. The molecule has 0 spiro atoms. The molecule has 1 heterocycles. The van der Waals surface area contributed by atoms with Crippen LogP contribution in [0.5, 0.6) is 0 Å². The first-order valence-corrected chi connectivity index (χ1v) is 5.96. The molecule has 4 nitrogen and oxygen atoms in total. The van der Waals surface area contributed by atoms with Crippen LogP contribution < -0.4 is 5.32 Å². The number of alkyl halides is 2. The van der Waals surface area contributed by atoms with Crippen LogP contribution in [0.25, 0.3) is 0 Å². The van der Waals surface area contributed by atoms with Crippen molar-refractivity contribution in [2.75, 3.05) is 7.05 Å². The van der Waals surface area contributed by atoms with Crippen LogP contribution in [0.15, 0.2) is 4.99 Å². The lowest BCUT2D eigenvalue weighted by atomic mass is 9.81. The number of amidine groups is 1. The van der Waals surface area contributed by atoms with E-state index in [2.05, 4.69) is 10.3 Å². The molecule has 1 saturated heterocycles. The van der Waals surface area contributed by atoms with Gasteiger partial charge in [-0.1, -0.05) is 11.8 Å². The third-order valence-electron chi connectivity index (χ3n) is 3.14. The van der Waals surface area contributed by atoms with Gasteiger partial charge in [0.1, 0.15) is 6.10 Å². The van der Waals surface area contributed by atoms with Gasteiger partial charge in [-0.05, 0) is 6.42 Å². The number of thioether (sulfide) groups is 1. The molecule has 92 valence electrons. The van der Waals surface area contributed by atoms with Crippen molar-refractivity contribution in [3.8, 4) is 0 Å². The molecule has 0 aromatic carbocycles. The summed E-state index contributed by atoms with van der Waals surface area (Å²) >= 11 is 1.36. The summed E-state index contributed by atoms with van der Waals surface area (Å²) < 4.78 is 25.3. The zero-order valence-corrected chi connectivity index (χ0v) is 9.49. The van der Waals surface area contributed by atoms with E-state index in [9.17, 15) is 19.0 Å². The minimum atomic E-state index is -2.60. The first-order chi connectivity index (χ1) is 7.54. The van der Waals surface area contributed by atoms with Gasteiger partial charge in [-0.25, -0.2) is 8.78 Å². The Hall–Kier alpha value is -0.400. The molecule has 16 heavy (non-hydrogen) atoms. The van der Waals surface area contributed by atoms with Crippen molar-refractivity contribution in [3.63, 3.8) is 0 Å². The van der Waals surface area contributed by atoms with Crippen LogP contribution in [0, 0.1) is 5.92 Å². The third-order valence-corrected chi connectivity index (χ3v) is 4.45. The molecule has 0 amide bonds. The van der Waals surface area contributed by atoms with Crippen LogP contribution in [-0.2, 0) is 0 Å². The predicted octanol–water partition coefficient (Wildman–Crippen LogP) is 0.0526. The maximum absolute atomic E-state index is 12.6. The summed E-state index contributed by atoms with van der Waals surface area (Å²) in [6, 6.07) is -0.381. The Balaban J connectivity index is 2.15. The second-order valence-corrected chi connectivity index (χ2v) is 5.30. The molecule has 1 aliphatic heterocycles. The molecule has 1 unspecified atom stereocenters. The normalized spacial score (nSPS) is 45.9. The zero-order valence-electron chi connectivity index (χ0n) is 8.68. The lowest BCUT2D eigenvalue weighted by Gasteiger charge is -2.38. The van der Waals surface area contributed by atoms with Gasteiger partial charge in [0.05, 0.1) is 12.1 Å². The Bertz CT molecular complexity index is 303. The summed E-state index contributed by atoms with van der Waals surface area (Å²) in [5.74, 6) is -1.15. The van der Waals surface area contributed by atoms with Crippen molar-refractivity contribution in [2.45, 2.75) is 36.3 Å². The van der Waals surface area contributed by atoms with Crippen molar-refractivity contribution in [3.05, 3.63) is 0 Å². The molecule has 5 atom stereocenters. The minimum absolute atomic E-state index is 0.143. The van der Waals surface area contributed by atoms with Crippen LogP contribution in [0.1, 0.15) is 6.42 Å². The average Bonchev–Trinajstić information content (AvgIpc) is 2.66. The van der Waals surface area contributed by atoms with Crippen LogP contribution >= 0.6 is 11.8 Å². The molecule has 0 bridgehead atoms. The fourth-order valence-corrected chi connectivity index (χ4v) is 3.52. The Morgan fingerprint density at radius 3 is 2.69 bits per heavy atom. The van der Waals surface area contributed by atoms with E-state index in [4.69, 9.17) is 0 Å². The molecule has 0 aromatic heterocycles. The molecular weight excluding hydrogens is 238 g/mol. The average molecular weight is 252 g/mol. The first kappa shape index (κ1) is 12.1. The van der Waals surface area contributed by atoms with Crippen molar-refractivity contribution in [1.82, 2.24) is 5.32 Å². The maximum Gasteiger partial charge on any atom is 0.244 e. The SMILES string of the molecule is CN=C1NC2[C@H](C[C@H](C(F)F)[C@@H](O)[C@@H]2O)S1. The number of nitrogens with one attached hydrogen (secondary N) is 1. The lowest BCUT2D eigenvalue weighted by molar-refractivity contribution is -0.0999. The maximum atomic E-state index is 12.6. The van der Waals surface area contributed by atoms with Crippen LogP contribution in [0.2, 0.25) is 0 Å². The number of halogens is 2. The van der Waals surface area contributed by atoms with E-state index in [1.807, 2.05) is 0 Å². The summed E-state index contributed by atoms with van der Waals surface area (Å²) in [4.78, 5) is 3.93. The smallest absolute Gasteiger partial charge is 0.244 e. The third kappa shape index (κ3) is 1.91. The van der Waals surface area contributed by atoms with Gasteiger partial charge in [0, 0.05) is 18.2 Å². The van der Waals surface area contributed by atoms with Gasteiger partial charge in [0.2, 0.25) is 6.43 Å². The van der Waals surface area contributed by atoms with Crippen molar-refractivity contribution < 1.29 is 19.0 Å². The van der Waals surface area contributed by atoms with Crippen molar-refractivity contribution in [2.24, 2.45) is 10.9 Å². The Kier molecular flexibility index (Phi) is 3.37. The summed E-state index contributed by atoms with van der Waals surface area (Å²) in [6.07, 6.45) is -4.94. The van der Waals surface area contributed by atoms with E-state index in [1.54, 1.807) is 7.05 Å². The van der Waals surface area contributed by atoms with E-state index in [1.165, 1.54) is 11.8 Å². The molecule has 0 aromatic rings. The van der Waals surface area contributed by atoms with E-state index < -0.39 is 24.6 Å². The van der Waals surface area contributed by atoms with Gasteiger partial charge in [-0.2, -0.15) is 0 Å². The number of aliphatic imine (C=N–C) groups is 1. The van der Waals surface area contributed by atoms with E-state index in [-0.39, 0.29) is 17.7 Å². The van der Waals surface area contributed by atoms with E-state index in [0.29, 0.717) is 5.17 Å². The standard InChI is InChI=1S/C9H14F2N2O2S/c1-12-9-13-5-4(16-9)2-3(8(10)11)6(14)7(5)15/h3-8,14-15H,2H2,1H3,(H,12,13)/t3-,4-,5?,6+,7+/m0/s1. The number of aliphatic hydroxyl groups is 2. The number of fused-ring (bicyclic) bond motifs is 1. The molecule has 2 rings (SSSR count). The number of hydrogen-bond acceptors (Lipinski definition) is 4. The summed E-state index contributed by atoms with van der Waals surface area (Å²) in [5, 5.41) is 22.8. The Morgan fingerprint density at radius 1 is 1.44 bits per heavy atom. The topological polar surface area (TPSA) is 64.9 Å². The molecule has 2 aliphatic rings. The Morgan fingerprint density at radius 2 is 2.12 bits per heavy atom. The minimum Gasteiger partial charge on any atom is -0.390 e. The highest BCUT2D eigenvalue weighted by Crippen LogP contribution is 2.39. The summed E-state index contributed by atoms with van der Waals surface area (Å²) in [7, 11) is 1.60. The summed E-state index contributed by atoms with van der Waals surface area (Å²) in [6.45, 7) is 0. The number of nitrogens with zero attached hydrogens (tertiary/aromatic N) is 1. The summed E-state index contributed by atoms with van der Waals surface area (Å²) in [5.41, 5.74) is 0. The monoisotopic (exact) mass is 252 g/mol. The zero-order chi connectivity index (χ0) is 11.9. The van der Waals surface area contributed by atoms with E-state index in [0.717, 1.165) is 0 Å². The highest BCUT2D eigenvalue weighted by Gasteiger charge is 2.50. The second-order valence-electron chi connectivity index (χ2n) is 4.07. The molecule has 7 heteroatoms. The highest BCUT2D eigenvalue weighted by molar-refractivity contribution is 8.14. The number of aliphatic hydroxyl groups excluding tert-OH is 2. The predicted molar refractivity (Wildman–Crippen MR) is 57.8 cm³/mol. The van der Waals surface area contributed by atoms with Gasteiger partial charge in [-0.15, -0.1) is 0 Å². The van der Waals surface area contributed by atoms with Gasteiger partial charge in [0.15, 0.2) is 5.17 Å². The molecule has 1 saturated carbocycles. The largest absolute Gasteiger partial charge is 0.390 e. The highest BCUT2D eigenvalue weighted by atomic mass is 32.2. The van der Waals surface area contributed by atoms with Gasteiger partial charge in [0.25, 0.3) is 0 Å². The van der Waals surface area contributed by atoms with Crippen molar-refractivity contribution >= 4 is 16.9 Å². The fourth-order valence-electron chi connectivity index (χ4n) is 2.23. The molecule has 3 N–H and O–H groups in total. The van der Waals surface area contributed by atoms with E-state index >= 15 is 0 Å². The molecule has 2 fully saturated rings. The lowest BCUT2D eigenvalue weighted by Crippen LogP contribution is -2.56. The Labute approximate surface area is 96.1 Å². The number of rotatable bonds is 1. The molecule has 0 radical (unpaired) electrons. The van der Waals surface area contributed by atoms with Gasteiger partial charge in [-0.3, -0.25) is 4.99 Å².